The van der Waals surface area contributed by atoms with Crippen LogP contribution in [-0.4, -0.2) is 23.5 Å². The number of carboxylic acid groups (broad SMARTS) is 1. The number of carbonyl (C=O) groups is 2. The van der Waals surface area contributed by atoms with E-state index in [1.54, 1.807) is 0 Å². The lowest BCUT2D eigenvalue weighted by Gasteiger charge is -2.21. The maximum atomic E-state index is 12.0. The van der Waals surface area contributed by atoms with Crippen LogP contribution in [0.2, 0.25) is 0 Å². The summed E-state index contributed by atoms with van der Waals surface area (Å²) in [7, 11) is 0. The predicted molar refractivity (Wildman–Crippen MR) is 77.3 cm³/mol. The predicted octanol–water partition coefficient (Wildman–Crippen LogP) is 2.96. The molecule has 0 aromatic heterocycles. The zero-order valence-corrected chi connectivity index (χ0v) is 12.3. The molecule has 0 aromatic carbocycles. The van der Waals surface area contributed by atoms with Crippen molar-refractivity contribution in [3.8, 4) is 0 Å². The van der Waals surface area contributed by atoms with Crippen LogP contribution in [0.1, 0.15) is 64.2 Å². The molecule has 0 bridgehead atoms. The van der Waals surface area contributed by atoms with E-state index in [-0.39, 0.29) is 17.7 Å². The van der Waals surface area contributed by atoms with Crippen LogP contribution >= 0.6 is 0 Å². The van der Waals surface area contributed by atoms with Gasteiger partial charge in [-0.05, 0) is 38.0 Å². The topological polar surface area (TPSA) is 66.4 Å². The van der Waals surface area contributed by atoms with Crippen molar-refractivity contribution in [3.05, 3.63) is 0 Å². The van der Waals surface area contributed by atoms with E-state index in [0.717, 1.165) is 25.3 Å². The summed E-state index contributed by atoms with van der Waals surface area (Å²) in [5.41, 5.74) is 0. The summed E-state index contributed by atoms with van der Waals surface area (Å²) in [6.45, 7) is 0.754. The van der Waals surface area contributed by atoms with Crippen LogP contribution in [0.3, 0.4) is 0 Å². The van der Waals surface area contributed by atoms with Crippen LogP contribution in [0.15, 0.2) is 0 Å². The SMILES string of the molecule is O=C(O)[C@@H]1CC[C@H](C(=O)NCCCC2CCCCC2)C1. The second-order valence-corrected chi connectivity index (χ2v) is 6.48. The van der Waals surface area contributed by atoms with Gasteiger partial charge >= 0.3 is 5.97 Å². The van der Waals surface area contributed by atoms with E-state index in [4.69, 9.17) is 5.11 Å². The zero-order chi connectivity index (χ0) is 14.4. The molecule has 2 rings (SSSR count). The van der Waals surface area contributed by atoms with Crippen molar-refractivity contribution < 1.29 is 14.7 Å². The Morgan fingerprint density at radius 2 is 1.70 bits per heavy atom. The highest BCUT2D eigenvalue weighted by Gasteiger charge is 2.33. The number of amides is 1. The van der Waals surface area contributed by atoms with Crippen molar-refractivity contribution in [3.63, 3.8) is 0 Å². The summed E-state index contributed by atoms with van der Waals surface area (Å²) in [4.78, 5) is 22.8. The third-order valence-corrected chi connectivity index (χ3v) is 4.97. The van der Waals surface area contributed by atoms with Crippen LogP contribution in [0.4, 0.5) is 0 Å². The molecular formula is C16H27NO3. The summed E-state index contributed by atoms with van der Waals surface area (Å²) >= 11 is 0. The number of carboxylic acids is 1. The summed E-state index contributed by atoms with van der Waals surface area (Å²) in [6, 6.07) is 0. The van der Waals surface area contributed by atoms with Gasteiger partial charge in [-0.2, -0.15) is 0 Å². The Morgan fingerprint density at radius 3 is 2.35 bits per heavy atom. The maximum absolute atomic E-state index is 12.0. The fourth-order valence-corrected chi connectivity index (χ4v) is 3.67. The van der Waals surface area contributed by atoms with Gasteiger partial charge in [-0.15, -0.1) is 0 Å². The molecule has 0 spiro atoms. The molecule has 0 unspecified atom stereocenters. The summed E-state index contributed by atoms with van der Waals surface area (Å²) < 4.78 is 0. The molecule has 0 heterocycles. The third kappa shape index (κ3) is 4.50. The van der Waals surface area contributed by atoms with Crippen LogP contribution in [0, 0.1) is 17.8 Å². The molecule has 0 aliphatic heterocycles. The Hall–Kier alpha value is -1.06. The molecule has 2 aliphatic rings. The van der Waals surface area contributed by atoms with E-state index >= 15 is 0 Å². The lowest BCUT2D eigenvalue weighted by molar-refractivity contribution is -0.141. The lowest BCUT2D eigenvalue weighted by atomic mass is 9.86. The van der Waals surface area contributed by atoms with Gasteiger partial charge in [-0.1, -0.05) is 32.1 Å². The number of carbonyl (C=O) groups excluding carboxylic acids is 1. The Kier molecular flexibility index (Phi) is 5.86. The Labute approximate surface area is 121 Å². The van der Waals surface area contributed by atoms with Gasteiger partial charge in [0.1, 0.15) is 0 Å². The van der Waals surface area contributed by atoms with Crippen molar-refractivity contribution in [2.45, 2.75) is 64.2 Å². The molecule has 2 N–H and O–H groups in total. The zero-order valence-electron chi connectivity index (χ0n) is 12.3. The molecule has 20 heavy (non-hydrogen) atoms. The summed E-state index contributed by atoms with van der Waals surface area (Å²) in [6.07, 6.45) is 11.0. The lowest BCUT2D eigenvalue weighted by Crippen LogP contribution is -2.30. The largest absolute Gasteiger partial charge is 0.481 e. The van der Waals surface area contributed by atoms with Gasteiger partial charge in [0.05, 0.1) is 5.92 Å². The fraction of sp³-hybridized carbons (Fsp3) is 0.875. The van der Waals surface area contributed by atoms with Gasteiger partial charge < -0.3 is 10.4 Å². The summed E-state index contributed by atoms with van der Waals surface area (Å²) in [5.74, 6) is -0.211. The minimum atomic E-state index is -0.752. The molecule has 2 aliphatic carbocycles. The van der Waals surface area contributed by atoms with Crippen molar-refractivity contribution in [2.24, 2.45) is 17.8 Å². The normalized spacial score (nSPS) is 27.4. The van der Waals surface area contributed by atoms with Gasteiger partial charge in [0, 0.05) is 12.5 Å². The average Bonchev–Trinajstić information content (AvgIpc) is 2.94. The van der Waals surface area contributed by atoms with E-state index in [9.17, 15) is 9.59 Å². The van der Waals surface area contributed by atoms with Gasteiger partial charge in [0.25, 0.3) is 0 Å². The molecule has 0 radical (unpaired) electrons. The Bertz CT molecular complexity index is 337. The van der Waals surface area contributed by atoms with E-state index in [1.807, 2.05) is 0 Å². The molecule has 4 nitrogen and oxygen atoms in total. The van der Waals surface area contributed by atoms with E-state index < -0.39 is 5.97 Å². The maximum Gasteiger partial charge on any atom is 0.306 e. The highest BCUT2D eigenvalue weighted by Crippen LogP contribution is 2.31. The minimum Gasteiger partial charge on any atom is -0.481 e. The van der Waals surface area contributed by atoms with Crippen LogP contribution in [-0.2, 0) is 9.59 Å². The fourth-order valence-electron chi connectivity index (χ4n) is 3.67. The van der Waals surface area contributed by atoms with Crippen LogP contribution in [0.25, 0.3) is 0 Å². The second kappa shape index (κ2) is 7.65. The van der Waals surface area contributed by atoms with Crippen molar-refractivity contribution in [1.82, 2.24) is 5.32 Å². The van der Waals surface area contributed by atoms with Gasteiger partial charge in [-0.3, -0.25) is 9.59 Å². The summed E-state index contributed by atoms with van der Waals surface area (Å²) in [5, 5.41) is 11.9. The van der Waals surface area contributed by atoms with E-state index in [2.05, 4.69) is 5.32 Å². The molecule has 0 aromatic rings. The third-order valence-electron chi connectivity index (χ3n) is 4.97. The highest BCUT2D eigenvalue weighted by molar-refractivity contribution is 5.80. The van der Waals surface area contributed by atoms with Gasteiger partial charge in [-0.25, -0.2) is 0 Å². The Balaban J connectivity index is 1.57. The first kappa shape index (κ1) is 15.3. The molecule has 4 heteroatoms. The molecule has 1 amide bonds. The first-order chi connectivity index (χ1) is 9.66. The molecule has 2 fully saturated rings. The first-order valence-electron chi connectivity index (χ1n) is 8.17. The van der Waals surface area contributed by atoms with Crippen molar-refractivity contribution in [2.75, 3.05) is 6.54 Å². The van der Waals surface area contributed by atoms with Gasteiger partial charge in [0.2, 0.25) is 5.91 Å². The quantitative estimate of drug-likeness (QED) is 0.736. The second-order valence-electron chi connectivity index (χ2n) is 6.48. The van der Waals surface area contributed by atoms with Crippen LogP contribution < -0.4 is 5.32 Å². The number of hydrogen-bond donors (Lipinski definition) is 2. The molecule has 0 saturated heterocycles. The molecule has 2 saturated carbocycles. The molecular weight excluding hydrogens is 254 g/mol. The van der Waals surface area contributed by atoms with E-state index in [0.29, 0.717) is 12.8 Å². The number of aliphatic carboxylic acids is 1. The van der Waals surface area contributed by atoms with E-state index in [1.165, 1.54) is 38.5 Å². The number of nitrogens with one attached hydrogen (secondary N) is 1. The van der Waals surface area contributed by atoms with Gasteiger partial charge in [0.15, 0.2) is 0 Å². The molecule has 2 atom stereocenters. The monoisotopic (exact) mass is 281 g/mol. The first-order valence-corrected chi connectivity index (χ1v) is 8.17. The number of hydrogen-bond acceptors (Lipinski definition) is 2. The standard InChI is InChI=1S/C16H27NO3/c18-15(13-8-9-14(11-13)16(19)20)17-10-4-7-12-5-2-1-3-6-12/h12-14H,1-11H2,(H,17,18)(H,19,20)/t13-,14+/m0/s1. The molecule has 114 valence electrons. The van der Waals surface area contributed by atoms with Crippen LogP contribution in [0.5, 0.6) is 0 Å². The van der Waals surface area contributed by atoms with Crippen molar-refractivity contribution >= 4 is 11.9 Å². The minimum absolute atomic E-state index is 0.0670. The number of rotatable bonds is 6. The Morgan fingerprint density at radius 1 is 1.00 bits per heavy atom. The van der Waals surface area contributed by atoms with Crippen molar-refractivity contribution in [1.29, 1.82) is 0 Å². The highest BCUT2D eigenvalue weighted by atomic mass is 16.4. The smallest absolute Gasteiger partial charge is 0.306 e. The average molecular weight is 281 g/mol.